The van der Waals surface area contributed by atoms with Crippen LogP contribution >= 0.6 is 0 Å². The Kier molecular flexibility index (Phi) is 12.3. The third-order valence-corrected chi connectivity index (χ3v) is 17.1. The molecule has 4 fully saturated rings. The number of esters is 1. The van der Waals surface area contributed by atoms with E-state index < -0.39 is 22.9 Å². The smallest absolute Gasteiger partial charge is 0.306 e. The number of fused-ring (bicyclic) bond motifs is 7. The van der Waals surface area contributed by atoms with E-state index in [1.807, 2.05) is 19.0 Å². The van der Waals surface area contributed by atoms with E-state index in [0.717, 1.165) is 61.7 Å². The highest BCUT2D eigenvalue weighted by molar-refractivity contribution is 6.00. The monoisotopic (exact) mass is 821 g/mol. The fraction of sp³-hybridized carbons (Fsp3) is 0.755. The fourth-order valence-corrected chi connectivity index (χ4v) is 14.2. The standard InChI is InChI=1S/C49H73FN2O7/c1-30(2)42-34(53)24-49(37(54)28-52(39(55)29-51(10)11)27-31-12-14-32(50)15-13-31)23-22-47(8)33(43(42)49)16-17-36-46(7)20-19-38(45(5,6)35(46)18-21-48(36,47)9)59-41(58)26-44(3,4)25-40(56)57/h12-15,30,33,35-38,54H,16-29H2,1-11H3,(H,56,57)/t33-,35+,36?,37+,38+,46+,47-,48-,49+/m1/s1. The Labute approximate surface area is 352 Å². The lowest BCUT2D eigenvalue weighted by Gasteiger charge is -2.72. The molecule has 0 radical (unpaired) electrons. The zero-order valence-corrected chi connectivity index (χ0v) is 37.9. The molecule has 9 nitrogen and oxygen atoms in total. The molecule has 10 heteroatoms. The van der Waals surface area contributed by atoms with Gasteiger partial charge in [0.2, 0.25) is 5.91 Å². The molecule has 9 atom stereocenters. The van der Waals surface area contributed by atoms with Gasteiger partial charge in [0.05, 0.1) is 25.5 Å². The van der Waals surface area contributed by atoms with Crippen molar-refractivity contribution in [2.24, 2.45) is 56.2 Å². The summed E-state index contributed by atoms with van der Waals surface area (Å²) >= 11 is 0. The highest BCUT2D eigenvalue weighted by Crippen LogP contribution is 2.77. The number of aliphatic carboxylic acids is 1. The van der Waals surface area contributed by atoms with Crippen LogP contribution in [0.25, 0.3) is 0 Å². The van der Waals surface area contributed by atoms with E-state index >= 15 is 0 Å². The topological polar surface area (TPSA) is 124 Å². The number of rotatable bonds is 13. The minimum Gasteiger partial charge on any atom is -0.481 e. The summed E-state index contributed by atoms with van der Waals surface area (Å²) in [5.41, 5.74) is 0.986. The second-order valence-electron chi connectivity index (χ2n) is 22.3. The zero-order valence-electron chi connectivity index (χ0n) is 37.9. The number of ketones is 1. The first-order chi connectivity index (χ1) is 27.3. The van der Waals surface area contributed by atoms with Crippen molar-refractivity contribution in [2.45, 2.75) is 152 Å². The van der Waals surface area contributed by atoms with Crippen LogP contribution in [-0.4, -0.2) is 83.0 Å². The Morgan fingerprint density at radius 2 is 1.56 bits per heavy atom. The van der Waals surface area contributed by atoms with Crippen LogP contribution in [-0.2, 0) is 30.5 Å². The maximum Gasteiger partial charge on any atom is 0.306 e. The van der Waals surface area contributed by atoms with E-state index in [1.165, 1.54) is 12.1 Å². The Hall–Kier alpha value is -3.11. The van der Waals surface area contributed by atoms with E-state index in [2.05, 4.69) is 48.5 Å². The highest BCUT2D eigenvalue weighted by atomic mass is 19.1. The Bertz CT molecular complexity index is 1840. The molecule has 0 aliphatic heterocycles. The number of carboxylic acids is 1. The lowest BCUT2D eigenvalue weighted by atomic mass is 9.33. The van der Waals surface area contributed by atoms with Crippen molar-refractivity contribution in [3.8, 4) is 0 Å². The van der Waals surface area contributed by atoms with E-state index in [0.29, 0.717) is 18.3 Å². The normalized spacial score (nSPS) is 34.5. The first kappa shape index (κ1) is 45.4. The van der Waals surface area contributed by atoms with Crippen molar-refractivity contribution >= 4 is 23.6 Å². The molecule has 6 rings (SSSR count). The average Bonchev–Trinajstić information content (AvgIpc) is 3.42. The summed E-state index contributed by atoms with van der Waals surface area (Å²) in [5.74, 6) is -0.684. The molecule has 0 bridgehead atoms. The molecular weight excluding hydrogens is 748 g/mol. The van der Waals surface area contributed by atoms with Crippen molar-refractivity contribution in [1.82, 2.24) is 9.80 Å². The second kappa shape index (κ2) is 16.0. The Morgan fingerprint density at radius 3 is 2.17 bits per heavy atom. The van der Waals surface area contributed by atoms with Crippen LogP contribution in [0, 0.1) is 62.0 Å². The van der Waals surface area contributed by atoms with Gasteiger partial charge in [-0.25, -0.2) is 4.39 Å². The minimum atomic E-state index is -0.943. The largest absolute Gasteiger partial charge is 0.481 e. The van der Waals surface area contributed by atoms with Gasteiger partial charge >= 0.3 is 11.9 Å². The van der Waals surface area contributed by atoms with Crippen LogP contribution in [0.4, 0.5) is 4.39 Å². The number of ether oxygens (including phenoxy) is 1. The Balaban J connectivity index is 1.29. The van der Waals surface area contributed by atoms with Crippen LogP contribution in [0.2, 0.25) is 0 Å². The van der Waals surface area contributed by atoms with Crippen molar-refractivity contribution in [1.29, 1.82) is 0 Å². The number of likely N-dealkylation sites (N-methyl/N-ethyl adjacent to an activating group) is 1. The van der Waals surface area contributed by atoms with E-state index in [4.69, 9.17) is 4.74 Å². The van der Waals surface area contributed by atoms with Crippen LogP contribution < -0.4 is 0 Å². The summed E-state index contributed by atoms with van der Waals surface area (Å²) in [6.07, 6.45) is 6.31. The number of aliphatic hydroxyl groups excluding tert-OH is 1. The van der Waals surface area contributed by atoms with Gasteiger partial charge in [-0.15, -0.1) is 0 Å². The number of hydrogen-bond acceptors (Lipinski definition) is 7. The van der Waals surface area contributed by atoms with Gasteiger partial charge in [-0.3, -0.25) is 19.2 Å². The molecule has 328 valence electrons. The lowest BCUT2D eigenvalue weighted by Crippen LogP contribution is -2.66. The summed E-state index contributed by atoms with van der Waals surface area (Å²) in [6.45, 7) is 20.4. The molecule has 0 aromatic heterocycles. The maximum absolute atomic E-state index is 14.3. The number of Topliss-reactive ketones (excluding diaryl/α,β-unsaturated/α-hetero) is 1. The number of amides is 1. The molecule has 1 unspecified atom stereocenters. The summed E-state index contributed by atoms with van der Waals surface area (Å²) in [7, 11) is 3.69. The predicted molar refractivity (Wildman–Crippen MR) is 226 cm³/mol. The summed E-state index contributed by atoms with van der Waals surface area (Å²) in [4.78, 5) is 56.4. The molecule has 1 aromatic rings. The van der Waals surface area contributed by atoms with Gasteiger partial charge in [0, 0.05) is 30.3 Å². The van der Waals surface area contributed by atoms with Crippen LogP contribution in [0.5, 0.6) is 0 Å². The third kappa shape index (κ3) is 7.96. The van der Waals surface area contributed by atoms with Crippen molar-refractivity contribution in [3.05, 3.63) is 46.8 Å². The van der Waals surface area contributed by atoms with Gasteiger partial charge in [0.25, 0.3) is 0 Å². The van der Waals surface area contributed by atoms with Crippen molar-refractivity contribution in [3.63, 3.8) is 0 Å². The first-order valence-corrected chi connectivity index (χ1v) is 22.4. The number of allylic oxidation sites excluding steroid dienone is 1. The number of carbonyl (C=O) groups excluding carboxylic acids is 3. The van der Waals surface area contributed by atoms with E-state index in [1.54, 1.807) is 30.9 Å². The molecule has 2 N–H and O–H groups in total. The van der Waals surface area contributed by atoms with Crippen LogP contribution in [0.1, 0.15) is 139 Å². The van der Waals surface area contributed by atoms with Crippen LogP contribution in [0.3, 0.4) is 0 Å². The van der Waals surface area contributed by atoms with Gasteiger partial charge in [0.1, 0.15) is 11.9 Å². The SMILES string of the molecule is CC(C)C1=C2[C@H]3CCC4[C@@]5(C)CC[C@H](OC(=O)CC(C)(C)CC(=O)O)C(C)(C)[C@@H]5CC[C@@]4(C)[C@]3(C)CC[C@@]2([C@@H](O)CN(Cc2ccc(F)cc2)C(=O)CN(C)C)CC1=O. The van der Waals surface area contributed by atoms with Crippen LogP contribution in [0.15, 0.2) is 35.4 Å². The molecule has 59 heavy (non-hydrogen) atoms. The minimum absolute atomic E-state index is 0.00638. The Morgan fingerprint density at radius 1 is 0.898 bits per heavy atom. The summed E-state index contributed by atoms with van der Waals surface area (Å²) < 4.78 is 20.1. The zero-order chi connectivity index (χ0) is 43.7. The summed E-state index contributed by atoms with van der Waals surface area (Å²) in [5, 5.41) is 22.0. The number of carboxylic acid groups (broad SMARTS) is 1. The second-order valence-corrected chi connectivity index (χ2v) is 22.3. The third-order valence-electron chi connectivity index (χ3n) is 17.1. The fourth-order valence-electron chi connectivity index (χ4n) is 14.2. The number of carbonyl (C=O) groups is 4. The van der Waals surface area contributed by atoms with Gasteiger partial charge in [-0.1, -0.05) is 80.0 Å². The molecule has 5 aliphatic rings. The van der Waals surface area contributed by atoms with Gasteiger partial charge in [-0.2, -0.15) is 0 Å². The molecular formula is C49H73FN2O7. The average molecular weight is 821 g/mol. The predicted octanol–water partition coefficient (Wildman–Crippen LogP) is 8.86. The summed E-state index contributed by atoms with van der Waals surface area (Å²) in [6, 6.07) is 6.16. The van der Waals surface area contributed by atoms with E-state index in [-0.39, 0.29) is 102 Å². The number of halogens is 1. The number of nitrogens with zero attached hydrogens (tertiary/aromatic N) is 2. The molecule has 0 spiro atoms. The van der Waals surface area contributed by atoms with Gasteiger partial charge < -0.3 is 24.7 Å². The number of hydrogen-bond donors (Lipinski definition) is 2. The molecule has 0 saturated heterocycles. The quantitative estimate of drug-likeness (QED) is 0.189. The van der Waals surface area contributed by atoms with E-state index in [9.17, 15) is 33.8 Å². The number of benzene rings is 1. The maximum atomic E-state index is 14.3. The molecule has 5 aliphatic carbocycles. The van der Waals surface area contributed by atoms with Crippen molar-refractivity contribution in [2.75, 3.05) is 27.2 Å². The molecule has 4 saturated carbocycles. The highest BCUT2D eigenvalue weighted by Gasteiger charge is 2.71. The molecule has 1 amide bonds. The molecule has 1 aromatic carbocycles. The van der Waals surface area contributed by atoms with Gasteiger partial charge in [-0.05, 0) is 134 Å². The number of aliphatic hydroxyl groups is 1. The molecule has 0 heterocycles. The first-order valence-electron chi connectivity index (χ1n) is 22.4. The lowest BCUT2D eigenvalue weighted by molar-refractivity contribution is -0.235. The van der Waals surface area contributed by atoms with Gasteiger partial charge in [0.15, 0.2) is 5.78 Å². The van der Waals surface area contributed by atoms with Crippen molar-refractivity contribution < 1.29 is 38.5 Å².